The Bertz CT molecular complexity index is 656. The van der Waals surface area contributed by atoms with Crippen LogP contribution in [-0.4, -0.2) is 53.2 Å². The summed E-state index contributed by atoms with van der Waals surface area (Å²) < 4.78 is 0. The fourth-order valence-electron chi connectivity index (χ4n) is 4.75. The van der Waals surface area contributed by atoms with Crippen molar-refractivity contribution in [2.24, 2.45) is 5.92 Å². The summed E-state index contributed by atoms with van der Waals surface area (Å²) in [7, 11) is 2.05. The van der Waals surface area contributed by atoms with Gasteiger partial charge in [-0.05, 0) is 59.1 Å². The normalized spacial score (nSPS) is 21.9. The van der Waals surface area contributed by atoms with E-state index in [1.807, 2.05) is 25.8 Å². The van der Waals surface area contributed by atoms with E-state index in [1.54, 1.807) is 6.92 Å². The molecule has 0 saturated carbocycles. The van der Waals surface area contributed by atoms with Crippen LogP contribution in [0.2, 0.25) is 0 Å². The van der Waals surface area contributed by atoms with Crippen LogP contribution < -0.4 is 5.32 Å². The SMILES string of the molecule is CNC(CCN1C(C)CCC1CC(C)N(C(C)=N)C(=N)C(C)C)c1ccccc1. The quantitative estimate of drug-likeness (QED) is 0.409. The Morgan fingerprint density at radius 2 is 1.83 bits per heavy atom. The zero-order chi connectivity index (χ0) is 21.6. The third kappa shape index (κ3) is 6.13. The van der Waals surface area contributed by atoms with Crippen molar-refractivity contribution in [3.05, 3.63) is 35.9 Å². The predicted octanol–water partition coefficient (Wildman–Crippen LogP) is 4.90. The van der Waals surface area contributed by atoms with Crippen LogP contribution in [0, 0.1) is 16.7 Å². The number of amidine groups is 2. The molecule has 1 heterocycles. The number of nitrogens with zero attached hydrogens (tertiary/aromatic N) is 2. The minimum Gasteiger partial charge on any atom is -0.316 e. The lowest BCUT2D eigenvalue weighted by Gasteiger charge is -2.37. The lowest BCUT2D eigenvalue weighted by molar-refractivity contribution is 0.170. The summed E-state index contributed by atoms with van der Waals surface area (Å²) in [6, 6.07) is 12.4. The summed E-state index contributed by atoms with van der Waals surface area (Å²) in [6.07, 6.45) is 4.54. The fraction of sp³-hybridized carbons (Fsp3) is 0.667. The summed E-state index contributed by atoms with van der Waals surface area (Å²) >= 11 is 0. The van der Waals surface area contributed by atoms with Gasteiger partial charge in [-0.1, -0.05) is 44.2 Å². The van der Waals surface area contributed by atoms with E-state index >= 15 is 0 Å². The van der Waals surface area contributed by atoms with E-state index in [1.165, 1.54) is 18.4 Å². The summed E-state index contributed by atoms with van der Waals surface area (Å²) in [5.74, 6) is 1.17. The van der Waals surface area contributed by atoms with Crippen LogP contribution in [0.1, 0.15) is 71.9 Å². The molecule has 0 bridgehead atoms. The van der Waals surface area contributed by atoms with Crippen molar-refractivity contribution in [1.82, 2.24) is 15.1 Å². The Balaban J connectivity index is 2.03. The smallest absolute Gasteiger partial charge is 0.104 e. The maximum Gasteiger partial charge on any atom is 0.104 e. The standard InChI is InChI=1S/C24H41N5/c1-17(2)24(26)29(20(5)25)19(4)16-22-13-12-18(3)28(22)15-14-23(27-6)21-10-8-7-9-11-21/h7-11,17-19,22-23,25-27H,12-16H2,1-6H3. The van der Waals surface area contributed by atoms with E-state index in [-0.39, 0.29) is 12.0 Å². The van der Waals surface area contributed by atoms with Crippen molar-refractivity contribution < 1.29 is 0 Å². The largest absolute Gasteiger partial charge is 0.316 e. The van der Waals surface area contributed by atoms with Crippen LogP contribution in [0.4, 0.5) is 0 Å². The molecular formula is C24H41N5. The highest BCUT2D eigenvalue weighted by Gasteiger charge is 2.33. The summed E-state index contributed by atoms with van der Waals surface area (Å²) in [5, 5.41) is 20.1. The molecule has 0 radical (unpaired) electrons. The molecule has 1 aromatic carbocycles. The van der Waals surface area contributed by atoms with Crippen LogP contribution in [0.15, 0.2) is 30.3 Å². The van der Waals surface area contributed by atoms with Gasteiger partial charge in [0, 0.05) is 36.6 Å². The molecule has 1 aliphatic rings. The zero-order valence-electron chi connectivity index (χ0n) is 19.2. The molecule has 29 heavy (non-hydrogen) atoms. The van der Waals surface area contributed by atoms with Crippen LogP contribution in [-0.2, 0) is 0 Å². The second-order valence-corrected chi connectivity index (χ2v) is 8.94. The number of hydrogen-bond acceptors (Lipinski definition) is 4. The predicted molar refractivity (Wildman–Crippen MR) is 124 cm³/mol. The average molecular weight is 400 g/mol. The lowest BCUT2D eigenvalue weighted by Crippen LogP contribution is -2.47. The Morgan fingerprint density at radius 1 is 1.17 bits per heavy atom. The third-order valence-electron chi connectivity index (χ3n) is 6.40. The molecule has 0 spiro atoms. The van der Waals surface area contributed by atoms with Crippen molar-refractivity contribution in [2.45, 2.75) is 84.5 Å². The number of benzene rings is 1. The first-order valence-corrected chi connectivity index (χ1v) is 11.2. The maximum absolute atomic E-state index is 8.45. The minimum absolute atomic E-state index is 0.138. The van der Waals surface area contributed by atoms with Gasteiger partial charge in [0.2, 0.25) is 0 Å². The second-order valence-electron chi connectivity index (χ2n) is 8.94. The average Bonchev–Trinajstić information content (AvgIpc) is 3.02. The van der Waals surface area contributed by atoms with Crippen molar-refractivity contribution in [2.75, 3.05) is 13.6 Å². The van der Waals surface area contributed by atoms with Gasteiger partial charge < -0.3 is 10.2 Å². The molecule has 3 N–H and O–H groups in total. The van der Waals surface area contributed by atoms with Crippen LogP contribution >= 0.6 is 0 Å². The van der Waals surface area contributed by atoms with Gasteiger partial charge in [0.1, 0.15) is 5.84 Å². The van der Waals surface area contributed by atoms with Gasteiger partial charge in [-0.25, -0.2) is 0 Å². The van der Waals surface area contributed by atoms with Crippen LogP contribution in [0.3, 0.4) is 0 Å². The van der Waals surface area contributed by atoms with Gasteiger partial charge in [-0.15, -0.1) is 0 Å². The molecule has 2 rings (SSSR count). The van der Waals surface area contributed by atoms with Gasteiger partial charge >= 0.3 is 0 Å². The fourth-order valence-corrected chi connectivity index (χ4v) is 4.75. The Kier molecular flexibility index (Phi) is 8.84. The van der Waals surface area contributed by atoms with Crippen LogP contribution in [0.25, 0.3) is 0 Å². The maximum atomic E-state index is 8.45. The summed E-state index contributed by atoms with van der Waals surface area (Å²) in [6.45, 7) is 11.5. The molecule has 162 valence electrons. The molecular weight excluding hydrogens is 358 g/mol. The highest BCUT2D eigenvalue weighted by atomic mass is 15.2. The van der Waals surface area contributed by atoms with E-state index < -0.39 is 0 Å². The molecule has 0 amide bonds. The first kappa shape index (κ1) is 23.6. The van der Waals surface area contributed by atoms with Crippen molar-refractivity contribution in [3.63, 3.8) is 0 Å². The number of hydrogen-bond donors (Lipinski definition) is 3. The summed E-state index contributed by atoms with van der Waals surface area (Å²) in [4.78, 5) is 4.59. The van der Waals surface area contributed by atoms with Crippen LogP contribution in [0.5, 0.6) is 0 Å². The molecule has 5 heteroatoms. The first-order valence-electron chi connectivity index (χ1n) is 11.2. The van der Waals surface area contributed by atoms with Crippen molar-refractivity contribution in [1.29, 1.82) is 10.8 Å². The lowest BCUT2D eigenvalue weighted by atomic mass is 10.0. The van der Waals surface area contributed by atoms with Gasteiger partial charge in [0.05, 0.1) is 5.84 Å². The van der Waals surface area contributed by atoms with E-state index in [0.29, 0.717) is 29.8 Å². The van der Waals surface area contributed by atoms with E-state index in [4.69, 9.17) is 10.8 Å². The highest BCUT2D eigenvalue weighted by Crippen LogP contribution is 2.30. The van der Waals surface area contributed by atoms with E-state index in [0.717, 1.165) is 19.4 Å². The number of likely N-dealkylation sites (tertiary alicyclic amines) is 1. The molecule has 1 fully saturated rings. The van der Waals surface area contributed by atoms with Crippen molar-refractivity contribution >= 4 is 11.7 Å². The van der Waals surface area contributed by atoms with E-state index in [2.05, 4.69) is 54.4 Å². The number of rotatable bonds is 9. The highest BCUT2D eigenvalue weighted by molar-refractivity contribution is 5.98. The monoisotopic (exact) mass is 399 g/mol. The van der Waals surface area contributed by atoms with Gasteiger partial charge in [-0.3, -0.25) is 15.7 Å². The molecule has 1 aliphatic heterocycles. The molecule has 5 nitrogen and oxygen atoms in total. The Morgan fingerprint density at radius 3 is 2.38 bits per heavy atom. The Hall–Kier alpha value is -1.72. The Labute approximate surface area is 177 Å². The molecule has 4 unspecified atom stereocenters. The topological polar surface area (TPSA) is 66.2 Å². The first-order chi connectivity index (χ1) is 13.8. The van der Waals surface area contributed by atoms with E-state index in [9.17, 15) is 0 Å². The molecule has 4 atom stereocenters. The zero-order valence-corrected chi connectivity index (χ0v) is 19.2. The molecule has 0 aromatic heterocycles. The van der Waals surface area contributed by atoms with Gasteiger partial charge in [-0.2, -0.15) is 0 Å². The second kappa shape index (κ2) is 10.9. The van der Waals surface area contributed by atoms with Gasteiger partial charge in [0.25, 0.3) is 0 Å². The molecule has 0 aliphatic carbocycles. The molecule has 1 saturated heterocycles. The number of nitrogens with one attached hydrogen (secondary N) is 3. The van der Waals surface area contributed by atoms with Crippen molar-refractivity contribution in [3.8, 4) is 0 Å². The summed E-state index contributed by atoms with van der Waals surface area (Å²) in [5.41, 5.74) is 1.35. The third-order valence-corrected chi connectivity index (χ3v) is 6.40. The van der Waals surface area contributed by atoms with Gasteiger partial charge in [0.15, 0.2) is 0 Å². The molecule has 1 aromatic rings. The minimum atomic E-state index is 0.138.